The van der Waals surface area contributed by atoms with E-state index in [4.69, 9.17) is 4.52 Å². The third-order valence-corrected chi connectivity index (χ3v) is 2.93. The van der Waals surface area contributed by atoms with E-state index in [0.29, 0.717) is 11.0 Å². The highest BCUT2D eigenvalue weighted by Crippen LogP contribution is 2.06. The molecule has 0 unspecified atom stereocenters. The van der Waals surface area contributed by atoms with Crippen molar-refractivity contribution in [1.29, 1.82) is 0 Å². The predicted octanol–water partition coefficient (Wildman–Crippen LogP) is 1.83. The van der Waals surface area contributed by atoms with E-state index >= 15 is 0 Å². The van der Waals surface area contributed by atoms with Crippen LogP contribution in [0.1, 0.15) is 12.8 Å². The predicted molar refractivity (Wildman–Crippen MR) is 81.1 cm³/mol. The summed E-state index contributed by atoms with van der Waals surface area (Å²) in [6.45, 7) is 6.94. The topological polar surface area (TPSA) is 84.3 Å². The molecule has 1 aliphatic rings. The number of aromatic nitrogens is 1. The van der Waals surface area contributed by atoms with Gasteiger partial charge in [-0.1, -0.05) is 12.1 Å². The third-order valence-electron chi connectivity index (χ3n) is 2.93. The Morgan fingerprint density at radius 3 is 2.67 bits per heavy atom. The number of benzene rings is 1. The minimum Gasteiger partial charge on any atom is -0.468 e. The number of rotatable bonds is 1. The highest BCUT2D eigenvalue weighted by atomic mass is 16.5. The number of carbonyl (C=O) groups is 1. The molecule has 0 aliphatic carbocycles. The molecule has 1 aromatic carbocycles. The molecule has 0 spiro atoms. The van der Waals surface area contributed by atoms with Crippen molar-refractivity contribution in [3.8, 4) is 0 Å². The summed E-state index contributed by atoms with van der Waals surface area (Å²) in [6, 6.07) is 7.05. The van der Waals surface area contributed by atoms with Crippen LogP contribution in [-0.2, 0) is 9.53 Å². The number of fused-ring (bicyclic) bond motifs is 1. The maximum absolute atomic E-state index is 10.8. The highest BCUT2D eigenvalue weighted by molar-refractivity contribution is 5.76. The number of aromatic amines is 1. The van der Waals surface area contributed by atoms with Crippen molar-refractivity contribution in [2.24, 2.45) is 0 Å². The standard InChI is InChI=1S/C7H5NO2.C6H11NO2.C2H4/c9-7-5-3-1-2-4-6(5)10-8-7;1-9-6(8)5-3-2-4-7-5;1-2/h1-4H,(H,8,9);5,7H,2-4H2,1H3;1-2H2/t;5-;/m.0./s1. The number of hydrogen-bond donors (Lipinski definition) is 2. The van der Waals surface area contributed by atoms with E-state index in [0.717, 1.165) is 19.4 Å². The number of para-hydroxylation sites is 1. The zero-order valence-electron chi connectivity index (χ0n) is 12.1. The lowest BCUT2D eigenvalue weighted by Crippen LogP contribution is -2.31. The molecule has 0 radical (unpaired) electrons. The van der Waals surface area contributed by atoms with Gasteiger partial charge >= 0.3 is 5.97 Å². The fourth-order valence-corrected chi connectivity index (χ4v) is 1.93. The number of ether oxygens (including phenoxy) is 1. The summed E-state index contributed by atoms with van der Waals surface area (Å²) in [5, 5.41) is 5.88. The van der Waals surface area contributed by atoms with Gasteiger partial charge in [0, 0.05) is 0 Å². The second-order valence-electron chi connectivity index (χ2n) is 4.20. The van der Waals surface area contributed by atoms with Gasteiger partial charge in [0.15, 0.2) is 5.58 Å². The van der Waals surface area contributed by atoms with Crippen LogP contribution < -0.4 is 10.9 Å². The number of nitrogens with one attached hydrogen (secondary N) is 2. The number of esters is 1. The Kier molecular flexibility index (Phi) is 6.97. The molecule has 1 atom stereocenters. The van der Waals surface area contributed by atoms with E-state index in [-0.39, 0.29) is 17.6 Å². The van der Waals surface area contributed by atoms with E-state index in [1.165, 1.54) is 7.11 Å². The summed E-state index contributed by atoms with van der Waals surface area (Å²) < 4.78 is 9.34. The monoisotopic (exact) mass is 292 g/mol. The van der Waals surface area contributed by atoms with Gasteiger partial charge in [-0.05, 0) is 31.5 Å². The van der Waals surface area contributed by atoms with Crippen LogP contribution in [0, 0.1) is 0 Å². The second kappa shape index (κ2) is 8.76. The Balaban J connectivity index is 0.000000189. The number of carbonyl (C=O) groups excluding carboxylic acids is 1. The summed E-state index contributed by atoms with van der Waals surface area (Å²) in [5.74, 6) is -0.132. The molecule has 1 fully saturated rings. The Labute approximate surface area is 122 Å². The van der Waals surface area contributed by atoms with Crippen molar-refractivity contribution < 1.29 is 14.1 Å². The average molecular weight is 292 g/mol. The van der Waals surface area contributed by atoms with Crippen LogP contribution in [-0.4, -0.2) is 30.8 Å². The zero-order chi connectivity index (χ0) is 15.7. The van der Waals surface area contributed by atoms with Crippen LogP contribution >= 0.6 is 0 Å². The van der Waals surface area contributed by atoms with Crippen molar-refractivity contribution in [1.82, 2.24) is 10.5 Å². The van der Waals surface area contributed by atoms with E-state index in [1.807, 2.05) is 6.07 Å². The molecule has 2 aromatic rings. The van der Waals surface area contributed by atoms with Gasteiger partial charge in [-0.3, -0.25) is 9.59 Å². The minimum atomic E-state index is -0.171. The average Bonchev–Trinajstić information content (AvgIpc) is 3.20. The van der Waals surface area contributed by atoms with E-state index in [1.54, 1.807) is 18.2 Å². The maximum atomic E-state index is 10.8. The Morgan fingerprint density at radius 2 is 2.10 bits per heavy atom. The van der Waals surface area contributed by atoms with Crippen molar-refractivity contribution in [2.75, 3.05) is 13.7 Å². The van der Waals surface area contributed by atoms with Crippen molar-refractivity contribution >= 4 is 16.9 Å². The Morgan fingerprint density at radius 1 is 1.38 bits per heavy atom. The van der Waals surface area contributed by atoms with Gasteiger partial charge in [0.2, 0.25) is 0 Å². The van der Waals surface area contributed by atoms with Gasteiger partial charge in [0.05, 0.1) is 12.5 Å². The summed E-state index contributed by atoms with van der Waals surface area (Å²) in [5.41, 5.74) is 0.433. The SMILES string of the molecule is C=C.COC(=O)[C@@H]1CCCN1.O=c1[nH]oc2ccccc12. The number of hydrogen-bond acceptors (Lipinski definition) is 5. The van der Waals surface area contributed by atoms with Crippen LogP contribution in [0.2, 0.25) is 0 Å². The first kappa shape index (κ1) is 16.7. The van der Waals surface area contributed by atoms with Gasteiger partial charge < -0.3 is 14.6 Å². The molecule has 1 saturated heterocycles. The smallest absolute Gasteiger partial charge is 0.322 e. The van der Waals surface area contributed by atoms with E-state index in [2.05, 4.69) is 28.4 Å². The first-order chi connectivity index (χ1) is 10.2. The molecular weight excluding hydrogens is 272 g/mol. The first-order valence-electron chi connectivity index (χ1n) is 6.60. The quantitative estimate of drug-likeness (QED) is 0.619. The number of H-pyrrole nitrogens is 1. The second-order valence-corrected chi connectivity index (χ2v) is 4.20. The fourth-order valence-electron chi connectivity index (χ4n) is 1.93. The third kappa shape index (κ3) is 4.61. The molecule has 2 N–H and O–H groups in total. The van der Waals surface area contributed by atoms with Crippen LogP contribution in [0.3, 0.4) is 0 Å². The van der Waals surface area contributed by atoms with Crippen molar-refractivity contribution in [3.63, 3.8) is 0 Å². The van der Waals surface area contributed by atoms with Gasteiger partial charge in [-0.25, -0.2) is 0 Å². The van der Waals surface area contributed by atoms with Gasteiger partial charge in [-0.2, -0.15) is 5.16 Å². The van der Waals surface area contributed by atoms with Crippen LogP contribution in [0.4, 0.5) is 0 Å². The molecule has 21 heavy (non-hydrogen) atoms. The molecule has 1 aliphatic heterocycles. The molecule has 6 nitrogen and oxygen atoms in total. The molecule has 0 amide bonds. The lowest BCUT2D eigenvalue weighted by Gasteiger charge is -2.04. The first-order valence-corrected chi connectivity index (χ1v) is 6.60. The number of methoxy groups -OCH3 is 1. The summed E-state index contributed by atoms with van der Waals surface area (Å²) in [4.78, 5) is 21.6. The molecule has 6 heteroatoms. The highest BCUT2D eigenvalue weighted by Gasteiger charge is 2.21. The Hall–Kier alpha value is -2.34. The molecule has 114 valence electrons. The van der Waals surface area contributed by atoms with Gasteiger partial charge in [-0.15, -0.1) is 13.2 Å². The summed E-state index contributed by atoms with van der Waals surface area (Å²) >= 11 is 0. The minimum absolute atomic E-state index is 0.0324. The lowest BCUT2D eigenvalue weighted by atomic mass is 10.2. The van der Waals surface area contributed by atoms with E-state index < -0.39 is 0 Å². The Bertz CT molecular complexity index is 611. The van der Waals surface area contributed by atoms with Crippen LogP contribution in [0.5, 0.6) is 0 Å². The maximum Gasteiger partial charge on any atom is 0.322 e. The molecule has 2 heterocycles. The van der Waals surface area contributed by atoms with E-state index in [9.17, 15) is 9.59 Å². The summed E-state index contributed by atoms with van der Waals surface area (Å²) in [7, 11) is 1.42. The molecule has 0 bridgehead atoms. The molecule has 0 saturated carbocycles. The summed E-state index contributed by atoms with van der Waals surface area (Å²) in [6.07, 6.45) is 2.01. The van der Waals surface area contributed by atoms with Crippen molar-refractivity contribution in [2.45, 2.75) is 18.9 Å². The normalized spacial score (nSPS) is 16.3. The molecule has 3 rings (SSSR count). The van der Waals surface area contributed by atoms with Crippen LogP contribution in [0.25, 0.3) is 11.0 Å². The van der Waals surface area contributed by atoms with Gasteiger partial charge in [0.1, 0.15) is 6.04 Å². The molecular formula is C15H20N2O4. The molecule has 1 aromatic heterocycles. The zero-order valence-corrected chi connectivity index (χ0v) is 12.1. The fraction of sp³-hybridized carbons (Fsp3) is 0.333. The van der Waals surface area contributed by atoms with Crippen LogP contribution in [0.15, 0.2) is 46.7 Å². The largest absolute Gasteiger partial charge is 0.468 e. The van der Waals surface area contributed by atoms with Crippen molar-refractivity contribution in [3.05, 3.63) is 47.8 Å². The van der Waals surface area contributed by atoms with Gasteiger partial charge in [0.25, 0.3) is 5.56 Å². The lowest BCUT2D eigenvalue weighted by molar-refractivity contribution is -0.142.